The Morgan fingerprint density at radius 3 is 1.32 bits per heavy atom. The molecule has 8 aromatic rings. The van der Waals surface area contributed by atoms with E-state index < -0.39 is 0 Å². The molecule has 0 aromatic heterocycles. The first-order valence-corrected chi connectivity index (χ1v) is 28.2. The van der Waals surface area contributed by atoms with Crippen molar-refractivity contribution in [3.05, 3.63) is 203 Å². The van der Waals surface area contributed by atoms with Gasteiger partial charge in [0.2, 0.25) is 0 Å². The van der Waals surface area contributed by atoms with Crippen LogP contribution in [0.2, 0.25) is 0 Å². The third-order valence-electron chi connectivity index (χ3n) is 18.3. The highest BCUT2D eigenvalue weighted by molar-refractivity contribution is 7.00. The minimum absolute atomic E-state index is 0.000260. The smallest absolute Gasteiger partial charge is 0.252 e. The Balaban J connectivity index is 1.29. The molecule has 0 spiro atoms. The van der Waals surface area contributed by atoms with Crippen molar-refractivity contribution in [2.45, 2.75) is 156 Å². The zero-order valence-electron chi connectivity index (χ0n) is 48.1. The summed E-state index contributed by atoms with van der Waals surface area (Å²) < 4.78 is 0. The number of anilines is 9. The van der Waals surface area contributed by atoms with Crippen LogP contribution in [0.1, 0.15) is 155 Å². The van der Waals surface area contributed by atoms with Crippen molar-refractivity contribution in [2.24, 2.45) is 0 Å². The van der Waals surface area contributed by atoms with E-state index in [0.717, 1.165) is 36.3 Å². The van der Waals surface area contributed by atoms with Crippen LogP contribution in [0.5, 0.6) is 0 Å². The highest BCUT2D eigenvalue weighted by Gasteiger charge is 2.50. The van der Waals surface area contributed by atoms with Crippen molar-refractivity contribution in [3.8, 4) is 11.1 Å². The topological polar surface area (TPSA) is 9.72 Å². The summed E-state index contributed by atoms with van der Waals surface area (Å²) in [7, 11) is 0. The number of fused-ring (bicyclic) bond motifs is 6. The van der Waals surface area contributed by atoms with Crippen molar-refractivity contribution in [1.82, 2.24) is 0 Å². The Morgan fingerprint density at radius 2 is 0.829 bits per heavy atom. The molecule has 76 heavy (non-hydrogen) atoms. The summed E-state index contributed by atoms with van der Waals surface area (Å²) in [6.45, 7) is 36.2. The number of hydrogen-bond acceptors (Lipinski definition) is 3. The maximum absolute atomic E-state index is 2.72. The van der Waals surface area contributed by atoms with Crippen LogP contribution < -0.4 is 31.1 Å². The Bertz CT molecular complexity index is 3570. The Kier molecular flexibility index (Phi) is 11.3. The normalized spacial score (nSPS) is 17.3. The maximum Gasteiger partial charge on any atom is 0.252 e. The third-order valence-corrected chi connectivity index (χ3v) is 18.3. The third kappa shape index (κ3) is 7.98. The molecule has 0 fully saturated rings. The predicted molar refractivity (Wildman–Crippen MR) is 329 cm³/mol. The fourth-order valence-corrected chi connectivity index (χ4v) is 14.2. The van der Waals surface area contributed by atoms with Crippen LogP contribution >= 0.6 is 0 Å². The summed E-state index contributed by atoms with van der Waals surface area (Å²) in [6, 6.07) is 63.6. The van der Waals surface area contributed by atoms with Gasteiger partial charge in [0.25, 0.3) is 6.71 Å². The van der Waals surface area contributed by atoms with Gasteiger partial charge in [-0.05, 0) is 186 Å². The van der Waals surface area contributed by atoms with E-state index in [1.807, 2.05) is 0 Å². The van der Waals surface area contributed by atoms with E-state index in [-0.39, 0.29) is 39.2 Å². The standard InChI is InChI=1S/C72H78BN3/c1-46-37-48(67(2,3)4)31-33-60(46)75-62-44-57-55(71(12,13)45-72(57,14)15)42-59(62)73-58-41-54-56(70(10,11)36-35-69(54,8)9)43-63(58)76(61-34-32-49(68(5,6)7)38-53(61)47-25-19-16-20-26-47)65-40-52(39-64(75)66(65)73)74(50-27-21-17-22-28-50)51-29-23-18-24-30-51/h16-34,37-44H,35-36,45H2,1-15H3. The minimum Gasteiger partial charge on any atom is -0.311 e. The number of nitrogens with zero attached hydrogens (tertiary/aromatic N) is 3. The molecule has 4 heteroatoms. The lowest BCUT2D eigenvalue weighted by Crippen LogP contribution is -2.62. The molecule has 0 saturated heterocycles. The lowest BCUT2D eigenvalue weighted by atomic mass is 9.33. The molecule has 0 amide bonds. The van der Waals surface area contributed by atoms with Gasteiger partial charge in [-0.1, -0.05) is 194 Å². The lowest BCUT2D eigenvalue weighted by molar-refractivity contribution is 0.332. The van der Waals surface area contributed by atoms with E-state index in [1.165, 1.54) is 101 Å². The first-order chi connectivity index (χ1) is 35.8. The van der Waals surface area contributed by atoms with E-state index in [0.29, 0.717) is 0 Å². The van der Waals surface area contributed by atoms with E-state index >= 15 is 0 Å². The Hall–Kier alpha value is -6.78. The average molecular weight is 996 g/mol. The van der Waals surface area contributed by atoms with Crippen LogP contribution in [0, 0.1) is 6.92 Å². The van der Waals surface area contributed by atoms with E-state index in [9.17, 15) is 0 Å². The summed E-state index contributed by atoms with van der Waals surface area (Å²) in [4.78, 5) is 7.89. The number of rotatable bonds is 6. The van der Waals surface area contributed by atoms with Gasteiger partial charge in [0, 0.05) is 45.4 Å². The van der Waals surface area contributed by atoms with Crippen molar-refractivity contribution < 1.29 is 0 Å². The van der Waals surface area contributed by atoms with Crippen molar-refractivity contribution in [2.75, 3.05) is 14.7 Å². The molecule has 2 heterocycles. The second-order valence-corrected chi connectivity index (χ2v) is 27.7. The average Bonchev–Trinajstić information content (AvgIpc) is 3.57. The molecule has 384 valence electrons. The largest absolute Gasteiger partial charge is 0.311 e. The Labute approximate surface area is 456 Å². The van der Waals surface area contributed by atoms with Gasteiger partial charge in [0.15, 0.2) is 0 Å². The summed E-state index contributed by atoms with van der Waals surface area (Å²) >= 11 is 0. The van der Waals surface area contributed by atoms with Crippen LogP contribution in [-0.4, -0.2) is 6.71 Å². The van der Waals surface area contributed by atoms with Gasteiger partial charge >= 0.3 is 0 Å². The van der Waals surface area contributed by atoms with Crippen molar-refractivity contribution in [3.63, 3.8) is 0 Å². The van der Waals surface area contributed by atoms with Crippen molar-refractivity contribution in [1.29, 1.82) is 0 Å². The zero-order valence-corrected chi connectivity index (χ0v) is 48.1. The molecular formula is C72H78BN3. The summed E-state index contributed by atoms with van der Waals surface area (Å²) in [5.74, 6) is 0. The summed E-state index contributed by atoms with van der Waals surface area (Å²) in [5, 5.41) is 0. The highest BCUT2D eigenvalue weighted by Crippen LogP contribution is 2.56. The number of aryl methyl sites for hydroxylation is 1. The van der Waals surface area contributed by atoms with Gasteiger partial charge in [-0.3, -0.25) is 0 Å². The molecular weight excluding hydrogens is 918 g/mol. The molecule has 2 aliphatic carbocycles. The molecule has 0 N–H and O–H groups in total. The zero-order chi connectivity index (χ0) is 53.6. The van der Waals surface area contributed by atoms with Crippen LogP contribution in [0.3, 0.4) is 0 Å². The van der Waals surface area contributed by atoms with E-state index in [4.69, 9.17) is 0 Å². The molecule has 8 aromatic carbocycles. The SMILES string of the molecule is Cc1cc(C(C)(C)C)ccc1N1c2cc3c(cc2B2c4cc5c(cc4N(c4ccc(C(C)(C)C)cc4-c4ccccc4)c4cc(N(c6ccccc6)c6ccccc6)cc1c42)C(C)(C)CCC5(C)C)C(C)(C)CC3(C)C. The van der Waals surface area contributed by atoms with Crippen LogP contribution in [-0.2, 0) is 32.5 Å². The van der Waals surface area contributed by atoms with Gasteiger partial charge in [0.1, 0.15) is 0 Å². The molecule has 4 aliphatic rings. The van der Waals surface area contributed by atoms with Crippen molar-refractivity contribution >= 4 is 74.3 Å². The first kappa shape index (κ1) is 50.1. The molecule has 12 rings (SSSR count). The van der Waals surface area contributed by atoms with Gasteiger partial charge in [-0.25, -0.2) is 0 Å². The molecule has 0 saturated carbocycles. The second-order valence-electron chi connectivity index (χ2n) is 27.7. The predicted octanol–water partition coefficient (Wildman–Crippen LogP) is 18.1. The highest BCUT2D eigenvalue weighted by atomic mass is 15.2. The summed E-state index contributed by atoms with van der Waals surface area (Å²) in [6.07, 6.45) is 3.39. The monoisotopic (exact) mass is 996 g/mol. The van der Waals surface area contributed by atoms with Crippen LogP contribution in [0.15, 0.2) is 164 Å². The van der Waals surface area contributed by atoms with Crippen LogP contribution in [0.4, 0.5) is 51.2 Å². The Morgan fingerprint density at radius 1 is 0.408 bits per heavy atom. The first-order valence-electron chi connectivity index (χ1n) is 28.2. The molecule has 0 atom stereocenters. The molecule has 0 unspecified atom stereocenters. The molecule has 0 bridgehead atoms. The molecule has 2 aliphatic heterocycles. The fraction of sp³-hybridized carbons (Fsp3) is 0.333. The quantitative estimate of drug-likeness (QED) is 0.154. The number of hydrogen-bond donors (Lipinski definition) is 0. The lowest BCUT2D eigenvalue weighted by Gasteiger charge is -2.48. The van der Waals surface area contributed by atoms with E-state index in [1.54, 1.807) is 0 Å². The van der Waals surface area contributed by atoms with E-state index in [2.05, 4.69) is 282 Å². The summed E-state index contributed by atoms with van der Waals surface area (Å²) in [5.41, 5.74) is 27.2. The number of benzene rings is 8. The fourth-order valence-electron chi connectivity index (χ4n) is 14.2. The van der Waals surface area contributed by atoms with Gasteiger partial charge in [-0.2, -0.15) is 0 Å². The second kappa shape index (κ2) is 17.1. The minimum atomic E-state index is -0.0558. The number of para-hydroxylation sites is 2. The molecule has 0 radical (unpaired) electrons. The molecule has 3 nitrogen and oxygen atoms in total. The maximum atomic E-state index is 2.72. The van der Waals surface area contributed by atoms with Gasteiger partial charge < -0.3 is 14.7 Å². The van der Waals surface area contributed by atoms with Crippen LogP contribution in [0.25, 0.3) is 11.1 Å². The van der Waals surface area contributed by atoms with Gasteiger partial charge in [-0.15, -0.1) is 0 Å². The van der Waals surface area contributed by atoms with Gasteiger partial charge in [0.05, 0.1) is 11.4 Å².